The van der Waals surface area contributed by atoms with Gasteiger partial charge in [0.15, 0.2) is 0 Å². The molecule has 0 aromatic heterocycles. The number of nitrogens with zero attached hydrogens (tertiary/aromatic N) is 2. The summed E-state index contributed by atoms with van der Waals surface area (Å²) < 4.78 is 12.8. The molecule has 1 aromatic carbocycles. The molecule has 0 aliphatic rings. The zero-order chi connectivity index (χ0) is 10.4. The molecule has 0 aliphatic carbocycles. The molecule has 0 radical (unpaired) electrons. The van der Waals surface area contributed by atoms with Gasteiger partial charge in [0, 0.05) is 6.54 Å². The monoisotopic (exact) mass is 192 g/mol. The lowest BCUT2D eigenvalue weighted by Crippen LogP contribution is -2.21. The van der Waals surface area contributed by atoms with Gasteiger partial charge < -0.3 is 0 Å². The van der Waals surface area contributed by atoms with E-state index in [1.807, 2.05) is 18.0 Å². The molecule has 0 fully saturated rings. The van der Waals surface area contributed by atoms with Crippen molar-refractivity contribution in [2.24, 2.45) is 0 Å². The first-order chi connectivity index (χ1) is 6.72. The Morgan fingerprint density at radius 1 is 1.50 bits per heavy atom. The molecule has 0 N–H and O–H groups in total. The van der Waals surface area contributed by atoms with E-state index in [4.69, 9.17) is 5.26 Å². The van der Waals surface area contributed by atoms with Crippen LogP contribution in [0.1, 0.15) is 5.56 Å². The maximum Gasteiger partial charge on any atom is 0.123 e. The Balaban J connectivity index is 2.42. The van der Waals surface area contributed by atoms with Crippen molar-refractivity contribution in [3.05, 3.63) is 35.6 Å². The van der Waals surface area contributed by atoms with Crippen molar-refractivity contribution in [1.29, 1.82) is 5.26 Å². The first-order valence-electron chi connectivity index (χ1n) is 4.52. The minimum atomic E-state index is -0.203. The van der Waals surface area contributed by atoms with Crippen molar-refractivity contribution in [2.75, 3.05) is 20.1 Å². The van der Waals surface area contributed by atoms with Gasteiger partial charge in [-0.2, -0.15) is 5.26 Å². The highest BCUT2D eigenvalue weighted by molar-refractivity contribution is 5.16. The minimum absolute atomic E-state index is 0.203. The second-order valence-electron chi connectivity index (χ2n) is 3.28. The third-order valence-electron chi connectivity index (χ3n) is 2.01. The van der Waals surface area contributed by atoms with E-state index in [-0.39, 0.29) is 5.82 Å². The van der Waals surface area contributed by atoms with Gasteiger partial charge in [-0.3, -0.25) is 4.90 Å². The third-order valence-corrected chi connectivity index (χ3v) is 2.01. The van der Waals surface area contributed by atoms with Gasteiger partial charge >= 0.3 is 0 Å². The van der Waals surface area contributed by atoms with Gasteiger partial charge in [-0.05, 0) is 31.2 Å². The molecule has 0 spiro atoms. The van der Waals surface area contributed by atoms with Crippen molar-refractivity contribution >= 4 is 0 Å². The van der Waals surface area contributed by atoms with E-state index in [2.05, 4.69) is 6.07 Å². The summed E-state index contributed by atoms with van der Waals surface area (Å²) in [5.41, 5.74) is 0.967. The van der Waals surface area contributed by atoms with E-state index in [0.29, 0.717) is 6.54 Å². The van der Waals surface area contributed by atoms with Crippen molar-refractivity contribution in [3.63, 3.8) is 0 Å². The first-order valence-corrected chi connectivity index (χ1v) is 4.52. The van der Waals surface area contributed by atoms with Gasteiger partial charge in [-0.25, -0.2) is 4.39 Å². The van der Waals surface area contributed by atoms with E-state index < -0.39 is 0 Å². The van der Waals surface area contributed by atoms with E-state index >= 15 is 0 Å². The molecule has 0 saturated carbocycles. The Bertz CT molecular complexity index is 330. The van der Waals surface area contributed by atoms with Gasteiger partial charge in [-0.1, -0.05) is 12.1 Å². The highest BCUT2D eigenvalue weighted by Gasteiger charge is 1.99. The fourth-order valence-corrected chi connectivity index (χ4v) is 1.21. The van der Waals surface area contributed by atoms with Gasteiger partial charge in [-0.15, -0.1) is 0 Å². The number of nitriles is 1. The van der Waals surface area contributed by atoms with Crippen LogP contribution in [0.5, 0.6) is 0 Å². The first kappa shape index (κ1) is 10.7. The van der Waals surface area contributed by atoms with Gasteiger partial charge in [0.05, 0.1) is 12.6 Å². The largest absolute Gasteiger partial charge is 0.293 e. The van der Waals surface area contributed by atoms with Crippen LogP contribution in [0, 0.1) is 17.1 Å². The van der Waals surface area contributed by atoms with E-state index in [9.17, 15) is 4.39 Å². The molecule has 0 amide bonds. The Morgan fingerprint density at radius 3 is 2.93 bits per heavy atom. The number of halogens is 1. The number of hydrogen-bond acceptors (Lipinski definition) is 2. The Kier molecular flexibility index (Phi) is 4.09. The predicted molar refractivity (Wildman–Crippen MR) is 53.2 cm³/mol. The highest BCUT2D eigenvalue weighted by atomic mass is 19.1. The van der Waals surface area contributed by atoms with Crippen LogP contribution in [0.3, 0.4) is 0 Å². The van der Waals surface area contributed by atoms with Crippen LogP contribution >= 0.6 is 0 Å². The van der Waals surface area contributed by atoms with Gasteiger partial charge in [0.1, 0.15) is 5.82 Å². The van der Waals surface area contributed by atoms with Crippen molar-refractivity contribution in [1.82, 2.24) is 4.90 Å². The summed E-state index contributed by atoms with van der Waals surface area (Å²) in [5.74, 6) is -0.203. The second-order valence-corrected chi connectivity index (χ2v) is 3.28. The number of likely N-dealkylation sites (N-methyl/N-ethyl adjacent to an activating group) is 1. The molecule has 1 aromatic rings. The molecule has 74 valence electrons. The Morgan fingerprint density at radius 2 is 2.29 bits per heavy atom. The fraction of sp³-hybridized carbons (Fsp3) is 0.364. The summed E-state index contributed by atoms with van der Waals surface area (Å²) in [5, 5.41) is 8.43. The predicted octanol–water partition coefficient (Wildman–Crippen LogP) is 1.82. The molecule has 2 nitrogen and oxygen atoms in total. The van der Waals surface area contributed by atoms with E-state index in [1.165, 1.54) is 12.1 Å². The zero-order valence-electron chi connectivity index (χ0n) is 8.20. The summed E-state index contributed by atoms with van der Waals surface area (Å²) in [4.78, 5) is 1.91. The molecule has 3 heteroatoms. The van der Waals surface area contributed by atoms with E-state index in [1.54, 1.807) is 6.07 Å². The van der Waals surface area contributed by atoms with Gasteiger partial charge in [0.25, 0.3) is 0 Å². The molecule has 0 saturated heterocycles. The number of rotatable bonds is 4. The molecule has 14 heavy (non-hydrogen) atoms. The average molecular weight is 192 g/mol. The van der Waals surface area contributed by atoms with Crippen LogP contribution in [0.4, 0.5) is 4.39 Å². The lowest BCUT2D eigenvalue weighted by atomic mass is 10.1. The van der Waals surface area contributed by atoms with Crippen molar-refractivity contribution < 1.29 is 4.39 Å². The smallest absolute Gasteiger partial charge is 0.123 e. The quantitative estimate of drug-likeness (QED) is 0.680. The Labute approximate surface area is 83.6 Å². The van der Waals surface area contributed by atoms with Gasteiger partial charge in [0.2, 0.25) is 0 Å². The van der Waals surface area contributed by atoms with Crippen LogP contribution in [-0.4, -0.2) is 25.0 Å². The van der Waals surface area contributed by atoms with Crippen LogP contribution < -0.4 is 0 Å². The number of benzene rings is 1. The summed E-state index contributed by atoms with van der Waals surface area (Å²) in [6.45, 7) is 1.19. The van der Waals surface area contributed by atoms with Crippen molar-refractivity contribution in [3.8, 4) is 6.07 Å². The molecule has 0 atom stereocenters. The van der Waals surface area contributed by atoms with E-state index in [0.717, 1.165) is 18.5 Å². The second kappa shape index (κ2) is 5.36. The van der Waals surface area contributed by atoms with Crippen LogP contribution in [-0.2, 0) is 6.42 Å². The normalized spacial score (nSPS) is 10.1. The van der Waals surface area contributed by atoms with Crippen LogP contribution in [0.2, 0.25) is 0 Å². The topological polar surface area (TPSA) is 27.0 Å². The van der Waals surface area contributed by atoms with Crippen LogP contribution in [0.15, 0.2) is 24.3 Å². The molecule has 0 aliphatic heterocycles. The molecule has 1 rings (SSSR count). The molecule has 0 bridgehead atoms. The lowest BCUT2D eigenvalue weighted by molar-refractivity contribution is 0.379. The summed E-state index contributed by atoms with van der Waals surface area (Å²) in [7, 11) is 1.88. The SMILES string of the molecule is CN(CC#N)CCc1cccc(F)c1. The zero-order valence-corrected chi connectivity index (χ0v) is 8.20. The standard InChI is InChI=1S/C11H13FN2/c1-14(8-6-13)7-5-10-3-2-4-11(12)9-10/h2-4,9H,5,7-8H2,1H3. The molecular weight excluding hydrogens is 179 g/mol. The summed E-state index contributed by atoms with van der Waals surface area (Å²) in [6.07, 6.45) is 0.774. The highest BCUT2D eigenvalue weighted by Crippen LogP contribution is 2.04. The van der Waals surface area contributed by atoms with Crippen LogP contribution in [0.25, 0.3) is 0 Å². The maximum absolute atomic E-state index is 12.8. The molecule has 0 unspecified atom stereocenters. The average Bonchev–Trinajstić information content (AvgIpc) is 2.15. The fourth-order valence-electron chi connectivity index (χ4n) is 1.21. The Hall–Kier alpha value is -1.40. The number of hydrogen-bond donors (Lipinski definition) is 0. The molecular formula is C11H13FN2. The molecule has 0 heterocycles. The maximum atomic E-state index is 12.8. The van der Waals surface area contributed by atoms with Crippen molar-refractivity contribution in [2.45, 2.75) is 6.42 Å². The summed E-state index contributed by atoms with van der Waals surface area (Å²) in [6, 6.07) is 8.62. The lowest BCUT2D eigenvalue weighted by Gasteiger charge is -2.11. The third kappa shape index (κ3) is 3.55. The summed E-state index contributed by atoms with van der Waals surface area (Å²) >= 11 is 0. The minimum Gasteiger partial charge on any atom is -0.293 e.